The largest absolute Gasteiger partial charge is 0.427 e. The maximum absolute atomic E-state index is 12.2. The van der Waals surface area contributed by atoms with Crippen molar-refractivity contribution in [3.05, 3.63) is 168 Å². The van der Waals surface area contributed by atoms with Gasteiger partial charge in [-0.05, 0) is 121 Å². The predicted molar refractivity (Wildman–Crippen MR) is 193 cm³/mol. The molecule has 7 aromatic carbocycles. The Kier molecular flexibility index (Phi) is 6.96. The van der Waals surface area contributed by atoms with Crippen molar-refractivity contribution >= 4 is 44.3 Å². The van der Waals surface area contributed by atoms with E-state index in [1.807, 2.05) is 36.4 Å². The molecule has 1 unspecified atom stereocenters. The average Bonchev–Trinajstić information content (AvgIpc) is 3.40. The molecule has 0 radical (unpaired) electrons. The van der Waals surface area contributed by atoms with E-state index < -0.39 is 11.4 Å². The molecule has 4 heteroatoms. The van der Waals surface area contributed by atoms with E-state index in [9.17, 15) is 9.59 Å². The fraction of sp³-hybridized carbons (Fsp3) is 0.0909. The van der Waals surface area contributed by atoms with Gasteiger partial charge < -0.3 is 9.47 Å². The van der Waals surface area contributed by atoms with Crippen LogP contribution in [0.1, 0.15) is 42.5 Å². The zero-order valence-electron chi connectivity index (χ0n) is 26.7. The summed E-state index contributed by atoms with van der Waals surface area (Å²) in [5.41, 5.74) is 6.87. The average molecular weight is 625 g/mol. The van der Waals surface area contributed by atoms with Crippen molar-refractivity contribution in [1.29, 1.82) is 0 Å². The Labute approximate surface area is 278 Å². The maximum atomic E-state index is 12.2. The van der Waals surface area contributed by atoms with Gasteiger partial charge in [0.05, 0.1) is 5.41 Å². The lowest BCUT2D eigenvalue weighted by molar-refractivity contribution is -0.134. The third-order valence-electron chi connectivity index (χ3n) is 9.48. The molecule has 1 aliphatic rings. The maximum Gasteiger partial charge on any atom is 0.338 e. The lowest BCUT2D eigenvalue weighted by atomic mass is 9.67. The zero-order valence-corrected chi connectivity index (χ0v) is 26.7. The van der Waals surface area contributed by atoms with Crippen LogP contribution in [0, 0.1) is 0 Å². The summed E-state index contributed by atoms with van der Waals surface area (Å²) in [6.07, 6.45) is 0.319. The van der Waals surface area contributed by atoms with Gasteiger partial charge in [-0.2, -0.15) is 0 Å². The van der Waals surface area contributed by atoms with E-state index >= 15 is 0 Å². The van der Waals surface area contributed by atoms with Crippen LogP contribution >= 0.6 is 0 Å². The molecule has 0 saturated carbocycles. The summed E-state index contributed by atoms with van der Waals surface area (Å²) in [7, 11) is 0. The van der Waals surface area contributed by atoms with Crippen LogP contribution in [0.3, 0.4) is 0 Å². The molecule has 0 aliphatic heterocycles. The Morgan fingerprint density at radius 1 is 0.562 bits per heavy atom. The molecule has 1 aliphatic carbocycles. The molecule has 0 bridgehead atoms. The van der Waals surface area contributed by atoms with Gasteiger partial charge in [0.25, 0.3) is 0 Å². The number of hydrogen-bond acceptors (Lipinski definition) is 4. The van der Waals surface area contributed by atoms with Crippen LogP contribution in [-0.4, -0.2) is 11.9 Å². The number of benzene rings is 7. The normalized spacial score (nSPS) is 14.9. The summed E-state index contributed by atoms with van der Waals surface area (Å²) in [5, 5.41) is 6.44. The number of hydrogen-bond donors (Lipinski definition) is 0. The van der Waals surface area contributed by atoms with Crippen molar-refractivity contribution in [2.24, 2.45) is 0 Å². The summed E-state index contributed by atoms with van der Waals surface area (Å²) in [6.45, 7) is 7.14. The molecule has 0 heterocycles. The zero-order chi connectivity index (χ0) is 33.0. The highest BCUT2D eigenvalue weighted by Gasteiger charge is 2.46. The van der Waals surface area contributed by atoms with E-state index in [2.05, 4.69) is 104 Å². The Morgan fingerprint density at radius 3 is 1.71 bits per heavy atom. The van der Waals surface area contributed by atoms with Gasteiger partial charge in [-0.1, -0.05) is 98.4 Å². The SMILES string of the molecule is C=C(C)C(=O)Oc1ccc2cc(C3(c4ccc5cc(OC(=O)CC)ccc5c4)c4ccccc4-c4cc5ccccc5cc43)ccc2c1. The van der Waals surface area contributed by atoms with Crippen molar-refractivity contribution in [2.45, 2.75) is 25.7 Å². The van der Waals surface area contributed by atoms with Crippen LogP contribution in [0.25, 0.3) is 43.4 Å². The van der Waals surface area contributed by atoms with Crippen molar-refractivity contribution in [1.82, 2.24) is 0 Å². The molecule has 0 amide bonds. The first-order valence-electron chi connectivity index (χ1n) is 16.2. The first-order chi connectivity index (χ1) is 23.3. The number of esters is 2. The van der Waals surface area contributed by atoms with Gasteiger partial charge in [-0.3, -0.25) is 4.79 Å². The summed E-state index contributed by atoms with van der Waals surface area (Å²) >= 11 is 0. The standard InChI is InChI=1S/C44H32O4/c1-4-42(45)47-36-19-15-30-21-34(17-13-32(30)23-36)44(35-18-14-33-24-37(20-16-31(33)22-35)48-43(46)27(2)3)40-12-8-7-11-38(40)39-25-28-9-5-6-10-29(28)26-41(39)44/h5-26H,2,4H2,1,3H3. The predicted octanol–water partition coefficient (Wildman–Crippen LogP) is 10.3. The minimum absolute atomic E-state index is 0.256. The number of carbonyl (C=O) groups excluding carboxylic acids is 2. The summed E-state index contributed by atoms with van der Waals surface area (Å²) in [4.78, 5) is 24.2. The van der Waals surface area contributed by atoms with Crippen LogP contribution in [0.5, 0.6) is 11.5 Å². The fourth-order valence-electron chi connectivity index (χ4n) is 7.19. The third-order valence-corrected chi connectivity index (χ3v) is 9.48. The van der Waals surface area contributed by atoms with E-state index in [0.29, 0.717) is 23.5 Å². The van der Waals surface area contributed by atoms with E-state index in [-0.39, 0.29) is 5.97 Å². The van der Waals surface area contributed by atoms with Gasteiger partial charge in [0.15, 0.2) is 0 Å². The van der Waals surface area contributed by atoms with Crippen LogP contribution in [0.4, 0.5) is 0 Å². The lowest BCUT2D eigenvalue weighted by Crippen LogP contribution is -2.28. The molecule has 0 fully saturated rings. The summed E-state index contributed by atoms with van der Waals surface area (Å²) in [6, 6.07) is 46.7. The quantitative estimate of drug-likeness (QED) is 0.105. The second-order valence-corrected chi connectivity index (χ2v) is 12.5. The Balaban J connectivity index is 1.38. The summed E-state index contributed by atoms with van der Waals surface area (Å²) < 4.78 is 11.1. The minimum atomic E-state index is -0.628. The third kappa shape index (κ3) is 4.68. The molecule has 4 nitrogen and oxygen atoms in total. The molecule has 232 valence electrons. The molecule has 0 N–H and O–H groups in total. The van der Waals surface area contributed by atoms with Crippen LogP contribution < -0.4 is 9.47 Å². The second kappa shape index (κ2) is 11.4. The van der Waals surface area contributed by atoms with Gasteiger partial charge >= 0.3 is 11.9 Å². The Hall–Kier alpha value is -6.00. The minimum Gasteiger partial charge on any atom is -0.427 e. The van der Waals surface area contributed by atoms with E-state index in [0.717, 1.165) is 32.7 Å². The highest BCUT2D eigenvalue weighted by Crippen LogP contribution is 2.57. The number of ether oxygens (including phenoxy) is 2. The first kappa shape index (κ1) is 29.4. The Morgan fingerprint density at radius 2 is 1.08 bits per heavy atom. The van der Waals surface area contributed by atoms with Crippen molar-refractivity contribution in [3.63, 3.8) is 0 Å². The highest BCUT2D eigenvalue weighted by molar-refractivity contribution is 5.98. The van der Waals surface area contributed by atoms with Crippen molar-refractivity contribution < 1.29 is 19.1 Å². The van der Waals surface area contributed by atoms with Crippen molar-refractivity contribution in [3.8, 4) is 22.6 Å². The second-order valence-electron chi connectivity index (χ2n) is 12.5. The van der Waals surface area contributed by atoms with E-state index in [1.54, 1.807) is 13.8 Å². The molecule has 8 rings (SSSR count). The van der Waals surface area contributed by atoms with Crippen LogP contribution in [0.2, 0.25) is 0 Å². The molecular weight excluding hydrogens is 592 g/mol. The summed E-state index contributed by atoms with van der Waals surface area (Å²) in [5.74, 6) is 0.333. The van der Waals surface area contributed by atoms with Gasteiger partial charge in [-0.25, -0.2) is 4.79 Å². The van der Waals surface area contributed by atoms with Gasteiger partial charge in [0.1, 0.15) is 11.5 Å². The number of carbonyl (C=O) groups is 2. The molecule has 0 spiro atoms. The molecule has 48 heavy (non-hydrogen) atoms. The topological polar surface area (TPSA) is 52.6 Å². The monoisotopic (exact) mass is 624 g/mol. The highest BCUT2D eigenvalue weighted by atomic mass is 16.5. The number of fused-ring (bicyclic) bond motifs is 6. The number of rotatable bonds is 6. The first-order valence-corrected chi connectivity index (χ1v) is 16.2. The lowest BCUT2D eigenvalue weighted by Gasteiger charge is -2.34. The van der Waals surface area contributed by atoms with Gasteiger partial charge in [0.2, 0.25) is 0 Å². The smallest absolute Gasteiger partial charge is 0.338 e. The molecular formula is C44H32O4. The van der Waals surface area contributed by atoms with Gasteiger partial charge in [-0.15, -0.1) is 0 Å². The van der Waals surface area contributed by atoms with Crippen LogP contribution in [0.15, 0.2) is 146 Å². The van der Waals surface area contributed by atoms with Crippen molar-refractivity contribution in [2.75, 3.05) is 0 Å². The Bertz CT molecular complexity index is 2470. The molecule has 0 saturated heterocycles. The fourth-order valence-corrected chi connectivity index (χ4v) is 7.19. The molecule has 1 atom stereocenters. The molecule has 0 aromatic heterocycles. The van der Waals surface area contributed by atoms with Crippen LogP contribution in [-0.2, 0) is 15.0 Å². The molecule has 7 aromatic rings. The van der Waals surface area contributed by atoms with E-state index in [1.165, 1.54) is 33.0 Å². The van der Waals surface area contributed by atoms with E-state index in [4.69, 9.17) is 9.47 Å². The van der Waals surface area contributed by atoms with Gasteiger partial charge in [0, 0.05) is 12.0 Å².